The number of nitrogens with one attached hydrogen (secondary N) is 1. The van der Waals surface area contributed by atoms with Gasteiger partial charge in [0.25, 0.3) is 0 Å². The molecule has 2 saturated heterocycles. The monoisotopic (exact) mass is 212 g/mol. The summed E-state index contributed by atoms with van der Waals surface area (Å²) in [5.74, 6) is 0. The highest BCUT2D eigenvalue weighted by molar-refractivity contribution is 4.96. The zero-order valence-electron chi connectivity index (χ0n) is 10.0. The van der Waals surface area contributed by atoms with Gasteiger partial charge in [-0.05, 0) is 39.7 Å². The van der Waals surface area contributed by atoms with Crippen molar-refractivity contribution in [1.82, 2.24) is 10.2 Å². The van der Waals surface area contributed by atoms with E-state index in [0.717, 1.165) is 19.3 Å². The van der Waals surface area contributed by atoms with Crippen LogP contribution in [0.3, 0.4) is 0 Å². The highest BCUT2D eigenvalue weighted by atomic mass is 16.5. The third-order valence-corrected chi connectivity index (χ3v) is 3.68. The second-order valence-corrected chi connectivity index (χ2v) is 4.87. The molecule has 0 aromatic heterocycles. The molecule has 2 fully saturated rings. The molecule has 0 saturated carbocycles. The summed E-state index contributed by atoms with van der Waals surface area (Å²) in [5, 5.41) is 3.72. The molecule has 2 aliphatic heterocycles. The zero-order valence-corrected chi connectivity index (χ0v) is 10.0. The molecule has 0 aromatic rings. The third-order valence-electron chi connectivity index (χ3n) is 3.68. The molecule has 0 bridgehead atoms. The van der Waals surface area contributed by atoms with E-state index in [-0.39, 0.29) is 0 Å². The fourth-order valence-corrected chi connectivity index (χ4v) is 2.99. The van der Waals surface area contributed by atoms with E-state index in [0.29, 0.717) is 12.1 Å². The van der Waals surface area contributed by atoms with E-state index in [1.807, 2.05) is 0 Å². The first-order valence-corrected chi connectivity index (χ1v) is 6.39. The quantitative estimate of drug-likeness (QED) is 0.742. The molecule has 1 N–H and O–H groups in total. The van der Waals surface area contributed by atoms with Crippen LogP contribution in [-0.4, -0.2) is 49.3 Å². The fourth-order valence-electron chi connectivity index (χ4n) is 2.99. The largest absolute Gasteiger partial charge is 0.380 e. The van der Waals surface area contributed by atoms with Crippen molar-refractivity contribution in [2.45, 2.75) is 51.2 Å². The molecule has 3 heteroatoms. The Morgan fingerprint density at radius 2 is 2.27 bits per heavy atom. The maximum atomic E-state index is 5.44. The number of fused-ring (bicyclic) bond motifs is 1. The first-order chi connectivity index (χ1) is 7.31. The number of rotatable bonds is 5. The molecule has 3 atom stereocenters. The molecule has 0 aliphatic carbocycles. The first-order valence-electron chi connectivity index (χ1n) is 6.39. The van der Waals surface area contributed by atoms with Gasteiger partial charge in [0.05, 0.1) is 6.61 Å². The van der Waals surface area contributed by atoms with Gasteiger partial charge in [-0.1, -0.05) is 0 Å². The maximum absolute atomic E-state index is 5.44. The van der Waals surface area contributed by atoms with Crippen LogP contribution in [0.1, 0.15) is 33.1 Å². The van der Waals surface area contributed by atoms with Crippen molar-refractivity contribution >= 4 is 0 Å². The van der Waals surface area contributed by atoms with Gasteiger partial charge >= 0.3 is 0 Å². The maximum Gasteiger partial charge on any atom is 0.0616 e. The lowest BCUT2D eigenvalue weighted by Gasteiger charge is -2.24. The molecule has 88 valence electrons. The molecular formula is C12H24N2O. The van der Waals surface area contributed by atoms with Crippen molar-refractivity contribution in [3.8, 4) is 0 Å². The lowest BCUT2D eigenvalue weighted by atomic mass is 10.1. The molecular weight excluding hydrogens is 188 g/mol. The van der Waals surface area contributed by atoms with Gasteiger partial charge in [-0.15, -0.1) is 0 Å². The van der Waals surface area contributed by atoms with Gasteiger partial charge in [0.15, 0.2) is 0 Å². The van der Waals surface area contributed by atoms with Crippen molar-refractivity contribution in [2.24, 2.45) is 0 Å². The lowest BCUT2D eigenvalue weighted by molar-refractivity contribution is 0.121. The SMILES string of the molecule is CCOCC(C)NC1CCN2CCCC12. The average molecular weight is 212 g/mol. The van der Waals surface area contributed by atoms with Gasteiger partial charge in [-0.2, -0.15) is 0 Å². The van der Waals surface area contributed by atoms with Gasteiger partial charge in [0, 0.05) is 31.3 Å². The molecule has 2 aliphatic rings. The molecule has 2 heterocycles. The third kappa shape index (κ3) is 2.71. The smallest absolute Gasteiger partial charge is 0.0616 e. The Labute approximate surface area is 93.2 Å². The van der Waals surface area contributed by atoms with E-state index in [1.165, 1.54) is 32.4 Å². The van der Waals surface area contributed by atoms with Gasteiger partial charge in [0.1, 0.15) is 0 Å². The highest BCUT2D eigenvalue weighted by Gasteiger charge is 2.37. The highest BCUT2D eigenvalue weighted by Crippen LogP contribution is 2.28. The normalized spacial score (nSPS) is 33.2. The second kappa shape index (κ2) is 5.28. The Hall–Kier alpha value is -0.120. The van der Waals surface area contributed by atoms with Crippen LogP contribution < -0.4 is 5.32 Å². The van der Waals surface area contributed by atoms with Crippen molar-refractivity contribution in [2.75, 3.05) is 26.3 Å². The summed E-state index contributed by atoms with van der Waals surface area (Å²) >= 11 is 0. The van der Waals surface area contributed by atoms with Crippen molar-refractivity contribution in [3.63, 3.8) is 0 Å². The fraction of sp³-hybridized carbons (Fsp3) is 1.00. The summed E-state index contributed by atoms with van der Waals surface area (Å²) in [6, 6.07) is 2.02. The van der Waals surface area contributed by atoms with Crippen molar-refractivity contribution in [3.05, 3.63) is 0 Å². The molecule has 0 aromatic carbocycles. The summed E-state index contributed by atoms with van der Waals surface area (Å²) in [7, 11) is 0. The molecule has 2 rings (SSSR count). The van der Waals surface area contributed by atoms with E-state index in [4.69, 9.17) is 4.74 Å². The summed E-state index contributed by atoms with van der Waals surface area (Å²) in [6.07, 6.45) is 4.10. The zero-order chi connectivity index (χ0) is 10.7. The molecule has 3 nitrogen and oxygen atoms in total. The van der Waals surface area contributed by atoms with E-state index < -0.39 is 0 Å². The Bertz CT molecular complexity index is 198. The average Bonchev–Trinajstić information content (AvgIpc) is 2.80. The summed E-state index contributed by atoms with van der Waals surface area (Å²) in [5.41, 5.74) is 0. The van der Waals surface area contributed by atoms with Crippen molar-refractivity contribution in [1.29, 1.82) is 0 Å². The second-order valence-electron chi connectivity index (χ2n) is 4.87. The van der Waals surface area contributed by atoms with Gasteiger partial charge in [0.2, 0.25) is 0 Å². The topological polar surface area (TPSA) is 24.5 Å². The lowest BCUT2D eigenvalue weighted by Crippen LogP contribution is -2.45. The van der Waals surface area contributed by atoms with Crippen LogP contribution in [0.15, 0.2) is 0 Å². The summed E-state index contributed by atoms with van der Waals surface area (Å²) in [4.78, 5) is 2.64. The number of nitrogens with zero attached hydrogens (tertiary/aromatic N) is 1. The minimum absolute atomic E-state index is 0.496. The van der Waals surface area contributed by atoms with Crippen LogP contribution in [0.4, 0.5) is 0 Å². The number of hydrogen-bond donors (Lipinski definition) is 1. The molecule has 0 amide bonds. The van der Waals surface area contributed by atoms with E-state index in [2.05, 4.69) is 24.1 Å². The Morgan fingerprint density at radius 3 is 3.07 bits per heavy atom. The molecule has 0 spiro atoms. The standard InChI is InChI=1S/C12H24N2O/c1-3-15-9-10(2)13-11-6-8-14-7-4-5-12(11)14/h10-13H,3-9H2,1-2H3. The minimum atomic E-state index is 0.496. The van der Waals surface area contributed by atoms with E-state index in [1.54, 1.807) is 0 Å². The Morgan fingerprint density at radius 1 is 1.40 bits per heavy atom. The van der Waals surface area contributed by atoms with Crippen LogP contribution in [-0.2, 0) is 4.74 Å². The molecule has 0 radical (unpaired) electrons. The van der Waals surface area contributed by atoms with Crippen molar-refractivity contribution < 1.29 is 4.74 Å². The van der Waals surface area contributed by atoms with Gasteiger partial charge < -0.3 is 10.1 Å². The molecule has 3 unspecified atom stereocenters. The Balaban J connectivity index is 1.74. The van der Waals surface area contributed by atoms with Gasteiger partial charge in [-0.25, -0.2) is 0 Å². The number of hydrogen-bond acceptors (Lipinski definition) is 3. The molecule has 15 heavy (non-hydrogen) atoms. The van der Waals surface area contributed by atoms with Crippen LogP contribution in [0.25, 0.3) is 0 Å². The predicted octanol–water partition coefficient (Wildman–Crippen LogP) is 1.24. The van der Waals surface area contributed by atoms with E-state index in [9.17, 15) is 0 Å². The van der Waals surface area contributed by atoms with E-state index >= 15 is 0 Å². The first kappa shape index (κ1) is 11.4. The van der Waals surface area contributed by atoms with Crippen LogP contribution in [0, 0.1) is 0 Å². The Kier molecular flexibility index (Phi) is 4.00. The number of ether oxygens (including phenoxy) is 1. The summed E-state index contributed by atoms with van der Waals surface area (Å²) < 4.78 is 5.44. The minimum Gasteiger partial charge on any atom is -0.380 e. The van der Waals surface area contributed by atoms with Gasteiger partial charge in [-0.3, -0.25) is 4.90 Å². The van der Waals surface area contributed by atoms with Crippen LogP contribution in [0.2, 0.25) is 0 Å². The van der Waals surface area contributed by atoms with Crippen LogP contribution in [0.5, 0.6) is 0 Å². The van der Waals surface area contributed by atoms with Crippen LogP contribution >= 0.6 is 0 Å². The predicted molar refractivity (Wildman–Crippen MR) is 62.1 cm³/mol. The summed E-state index contributed by atoms with van der Waals surface area (Å²) in [6.45, 7) is 8.58.